The summed E-state index contributed by atoms with van der Waals surface area (Å²) in [5, 5.41) is 5.97. The summed E-state index contributed by atoms with van der Waals surface area (Å²) < 4.78 is 0. The number of carbonyl (C=O) groups excluding carboxylic acids is 3. The number of fused-ring (bicyclic) bond motifs is 1. The average Bonchev–Trinajstić information content (AvgIpc) is 3.11. The number of benzene rings is 1. The quantitative estimate of drug-likeness (QED) is 0.418. The van der Waals surface area contributed by atoms with Gasteiger partial charge in [-0.3, -0.25) is 9.59 Å². The zero-order valence-corrected chi connectivity index (χ0v) is 19.2. The molecule has 6 nitrogen and oxygen atoms in total. The lowest BCUT2D eigenvalue weighted by molar-refractivity contribution is -0.131. The summed E-state index contributed by atoms with van der Waals surface area (Å²) in [5.74, 6) is -0.312. The van der Waals surface area contributed by atoms with Crippen LogP contribution in [-0.4, -0.2) is 36.2 Å². The summed E-state index contributed by atoms with van der Waals surface area (Å²) >= 11 is 0. The Morgan fingerprint density at radius 1 is 1.10 bits per heavy atom. The van der Waals surface area contributed by atoms with Crippen LogP contribution in [0.25, 0.3) is 5.57 Å². The van der Waals surface area contributed by atoms with Crippen molar-refractivity contribution in [3.8, 4) is 0 Å². The van der Waals surface area contributed by atoms with Gasteiger partial charge >= 0.3 is 6.03 Å². The number of amides is 2. The minimum absolute atomic E-state index is 0.0702. The maximum atomic E-state index is 13.3. The van der Waals surface area contributed by atoms with Crippen molar-refractivity contribution in [2.24, 2.45) is 17.6 Å². The van der Waals surface area contributed by atoms with Crippen molar-refractivity contribution in [3.63, 3.8) is 0 Å². The highest BCUT2D eigenvalue weighted by Crippen LogP contribution is 2.31. The van der Waals surface area contributed by atoms with Crippen LogP contribution in [0.15, 0.2) is 30.3 Å². The maximum absolute atomic E-state index is 13.3. The van der Waals surface area contributed by atoms with Crippen molar-refractivity contribution in [3.05, 3.63) is 41.5 Å². The number of nitrogens with one attached hydrogen (secondary N) is 2. The van der Waals surface area contributed by atoms with Crippen LogP contribution >= 0.6 is 0 Å². The number of hydrogen-bond donors (Lipinski definition) is 3. The van der Waals surface area contributed by atoms with Crippen LogP contribution in [-0.2, 0) is 16.0 Å². The van der Waals surface area contributed by atoms with Crippen molar-refractivity contribution in [1.29, 1.82) is 0 Å². The van der Waals surface area contributed by atoms with E-state index in [1.807, 2.05) is 39.8 Å². The predicted octanol–water partition coefficient (Wildman–Crippen LogP) is 3.63. The molecule has 0 saturated carbocycles. The van der Waals surface area contributed by atoms with E-state index in [0.717, 1.165) is 6.42 Å². The van der Waals surface area contributed by atoms with Gasteiger partial charge < -0.3 is 16.4 Å². The van der Waals surface area contributed by atoms with Crippen molar-refractivity contribution < 1.29 is 14.4 Å². The number of hydrogen-bond acceptors (Lipinski definition) is 4. The number of rotatable bonds is 13. The Labute approximate surface area is 186 Å². The molecule has 0 aliphatic heterocycles. The smallest absolute Gasteiger partial charge is 0.312 e. The molecular weight excluding hydrogens is 390 g/mol. The summed E-state index contributed by atoms with van der Waals surface area (Å²) in [4.78, 5) is 37.0. The van der Waals surface area contributed by atoms with E-state index in [1.54, 1.807) is 0 Å². The average molecular weight is 428 g/mol. The second kappa shape index (κ2) is 11.8. The molecule has 1 aromatic carbocycles. The first-order chi connectivity index (χ1) is 14.7. The van der Waals surface area contributed by atoms with Crippen LogP contribution in [0.5, 0.6) is 0 Å². The third-order valence-corrected chi connectivity index (χ3v) is 5.73. The highest BCUT2D eigenvalue weighted by Gasteiger charge is 2.29. The van der Waals surface area contributed by atoms with Crippen LogP contribution in [0.3, 0.4) is 0 Å². The number of carbonyl (C=O) groups is 3. The third-order valence-electron chi connectivity index (χ3n) is 5.73. The van der Waals surface area contributed by atoms with Crippen LogP contribution < -0.4 is 16.4 Å². The Bertz CT molecular complexity index is 814. The molecule has 0 heterocycles. The van der Waals surface area contributed by atoms with E-state index in [-0.39, 0.29) is 41.9 Å². The molecule has 0 unspecified atom stereocenters. The molecule has 170 valence electrons. The Balaban J connectivity index is 2.08. The fourth-order valence-electron chi connectivity index (χ4n) is 4.20. The maximum Gasteiger partial charge on any atom is 0.312 e. The summed E-state index contributed by atoms with van der Waals surface area (Å²) in [6, 6.07) is 7.57. The molecule has 1 aromatic rings. The van der Waals surface area contributed by atoms with E-state index >= 15 is 0 Å². The van der Waals surface area contributed by atoms with Gasteiger partial charge in [0.15, 0.2) is 5.78 Å². The molecule has 0 spiro atoms. The number of primary amides is 1. The number of Topliss-reactive ketones (excluding diaryl/α,β-unsaturated/α-hetero) is 2. The van der Waals surface area contributed by atoms with Crippen LogP contribution in [0.1, 0.15) is 64.5 Å². The van der Waals surface area contributed by atoms with Gasteiger partial charge in [-0.2, -0.15) is 0 Å². The van der Waals surface area contributed by atoms with Crippen molar-refractivity contribution in [2.45, 2.75) is 71.9 Å². The predicted molar refractivity (Wildman–Crippen MR) is 125 cm³/mol. The number of allylic oxidation sites excluding steroid dienone is 1. The summed E-state index contributed by atoms with van der Waals surface area (Å²) in [5.41, 5.74) is 8.82. The first-order valence-electron chi connectivity index (χ1n) is 11.3. The SMILES string of the molecule is CC(C)N[C@H](CC1=CCc2ccccc21)C(=O)C[C@@H](CCCNC(N)=O)C(=O)C(C)C. The van der Waals surface area contributed by atoms with Gasteiger partial charge in [-0.25, -0.2) is 4.79 Å². The zero-order valence-electron chi connectivity index (χ0n) is 19.2. The molecule has 0 radical (unpaired) electrons. The highest BCUT2D eigenvalue weighted by molar-refractivity contribution is 5.92. The first-order valence-corrected chi connectivity index (χ1v) is 11.3. The lowest BCUT2D eigenvalue weighted by atomic mass is 9.84. The topological polar surface area (TPSA) is 101 Å². The number of nitrogens with two attached hydrogens (primary N) is 1. The molecule has 6 heteroatoms. The van der Waals surface area contributed by atoms with E-state index in [9.17, 15) is 14.4 Å². The van der Waals surface area contributed by atoms with E-state index < -0.39 is 6.03 Å². The van der Waals surface area contributed by atoms with Gasteiger partial charge in [0.2, 0.25) is 0 Å². The largest absolute Gasteiger partial charge is 0.352 e. The Morgan fingerprint density at radius 3 is 2.45 bits per heavy atom. The Kier molecular flexibility index (Phi) is 9.44. The molecule has 2 rings (SSSR count). The molecule has 0 bridgehead atoms. The Hall–Kier alpha value is -2.47. The van der Waals surface area contributed by atoms with Gasteiger partial charge in [-0.05, 0) is 42.4 Å². The fourth-order valence-corrected chi connectivity index (χ4v) is 4.20. The fraction of sp³-hybridized carbons (Fsp3) is 0.560. The van der Waals surface area contributed by atoms with Crippen molar-refractivity contribution in [2.75, 3.05) is 6.54 Å². The second-order valence-corrected chi connectivity index (χ2v) is 9.03. The second-order valence-electron chi connectivity index (χ2n) is 9.03. The lowest BCUT2D eigenvalue weighted by Gasteiger charge is -2.24. The minimum atomic E-state index is -0.575. The number of urea groups is 1. The Morgan fingerprint density at radius 2 is 1.81 bits per heavy atom. The molecular formula is C25H37N3O3. The minimum Gasteiger partial charge on any atom is -0.352 e. The standard InChI is InChI=1S/C25H37N3O3/c1-16(2)24(30)20(9-7-13-27-25(26)31)15-23(29)22(28-17(3)4)14-19-12-11-18-8-5-6-10-21(18)19/h5-6,8,10,12,16-17,20,22,28H,7,9,11,13-15H2,1-4H3,(H3,26,27,31)/t20-,22-/m1/s1. The van der Waals surface area contributed by atoms with E-state index in [0.29, 0.717) is 25.8 Å². The normalized spacial score (nSPS) is 14.8. The van der Waals surface area contributed by atoms with Crippen molar-refractivity contribution >= 4 is 23.2 Å². The highest BCUT2D eigenvalue weighted by atomic mass is 16.2. The van der Waals surface area contributed by atoms with E-state index in [4.69, 9.17) is 5.73 Å². The molecule has 0 saturated heterocycles. The zero-order chi connectivity index (χ0) is 23.0. The summed E-state index contributed by atoms with van der Waals surface area (Å²) in [7, 11) is 0. The van der Waals surface area contributed by atoms with Gasteiger partial charge in [0, 0.05) is 30.8 Å². The summed E-state index contributed by atoms with van der Waals surface area (Å²) in [6.45, 7) is 8.20. The molecule has 2 atom stereocenters. The van der Waals surface area contributed by atoms with E-state index in [1.165, 1.54) is 16.7 Å². The molecule has 2 amide bonds. The van der Waals surface area contributed by atoms with Gasteiger partial charge in [0.1, 0.15) is 5.78 Å². The molecule has 1 aliphatic rings. The van der Waals surface area contributed by atoms with Gasteiger partial charge in [0.25, 0.3) is 0 Å². The van der Waals surface area contributed by atoms with Crippen LogP contribution in [0.2, 0.25) is 0 Å². The molecule has 0 fully saturated rings. The van der Waals surface area contributed by atoms with E-state index in [2.05, 4.69) is 28.8 Å². The van der Waals surface area contributed by atoms with Crippen LogP contribution in [0, 0.1) is 11.8 Å². The first kappa shape index (κ1) is 24.8. The third kappa shape index (κ3) is 7.62. The summed E-state index contributed by atoms with van der Waals surface area (Å²) in [6.07, 6.45) is 5.12. The number of ketones is 2. The molecule has 4 N–H and O–H groups in total. The lowest BCUT2D eigenvalue weighted by Crippen LogP contribution is -2.42. The molecule has 31 heavy (non-hydrogen) atoms. The molecule has 0 aromatic heterocycles. The molecule has 1 aliphatic carbocycles. The van der Waals surface area contributed by atoms with Gasteiger partial charge in [0.05, 0.1) is 6.04 Å². The van der Waals surface area contributed by atoms with Crippen molar-refractivity contribution in [1.82, 2.24) is 10.6 Å². The van der Waals surface area contributed by atoms with Gasteiger partial charge in [-0.1, -0.05) is 58.0 Å². The monoisotopic (exact) mass is 427 g/mol. The van der Waals surface area contributed by atoms with Gasteiger partial charge in [-0.15, -0.1) is 0 Å². The van der Waals surface area contributed by atoms with Crippen LogP contribution in [0.4, 0.5) is 4.79 Å².